The van der Waals surface area contributed by atoms with Crippen molar-refractivity contribution in [3.05, 3.63) is 5.82 Å². The van der Waals surface area contributed by atoms with Gasteiger partial charge in [-0.25, -0.2) is 0 Å². The van der Waals surface area contributed by atoms with E-state index < -0.39 is 5.97 Å². The first kappa shape index (κ1) is 12.9. The largest absolute Gasteiger partial charge is 0.481 e. The second-order valence-corrected chi connectivity index (χ2v) is 6.31. The first-order valence-corrected chi connectivity index (χ1v) is 7.61. The zero-order valence-corrected chi connectivity index (χ0v) is 11.8. The summed E-state index contributed by atoms with van der Waals surface area (Å²) in [5.41, 5.74) is 0. The van der Waals surface area contributed by atoms with E-state index in [1.165, 1.54) is 24.6 Å². The number of likely N-dealkylation sites (N-methyl/N-ethyl adjacent to an activating group) is 1. The van der Waals surface area contributed by atoms with E-state index in [0.29, 0.717) is 12.0 Å². The number of thioether (sulfide) groups is 1. The molecule has 19 heavy (non-hydrogen) atoms. The predicted octanol–water partition coefficient (Wildman–Crippen LogP) is 1.21. The van der Waals surface area contributed by atoms with Crippen LogP contribution in [0.5, 0.6) is 0 Å². The minimum absolute atomic E-state index is 0.0470. The van der Waals surface area contributed by atoms with Gasteiger partial charge in [0.2, 0.25) is 0 Å². The molecule has 0 amide bonds. The Labute approximate surface area is 116 Å². The maximum absolute atomic E-state index is 10.7. The Kier molecular flexibility index (Phi) is 3.49. The van der Waals surface area contributed by atoms with Crippen molar-refractivity contribution in [1.29, 1.82) is 0 Å². The fourth-order valence-electron chi connectivity index (χ4n) is 2.60. The molecule has 1 saturated heterocycles. The van der Waals surface area contributed by atoms with Crippen molar-refractivity contribution < 1.29 is 9.90 Å². The van der Waals surface area contributed by atoms with Crippen LogP contribution in [0.4, 0.5) is 0 Å². The van der Waals surface area contributed by atoms with Gasteiger partial charge in [0.05, 0.1) is 11.8 Å². The zero-order chi connectivity index (χ0) is 13.4. The molecular weight excluding hydrogens is 264 g/mol. The molecule has 1 aliphatic carbocycles. The van der Waals surface area contributed by atoms with Crippen molar-refractivity contribution >= 4 is 17.7 Å². The summed E-state index contributed by atoms with van der Waals surface area (Å²) < 4.78 is 2.20. The van der Waals surface area contributed by atoms with Crippen LogP contribution < -0.4 is 0 Å². The van der Waals surface area contributed by atoms with Crippen molar-refractivity contribution in [2.75, 3.05) is 25.9 Å². The minimum Gasteiger partial charge on any atom is -0.481 e. The Morgan fingerprint density at radius 2 is 2.21 bits per heavy atom. The van der Waals surface area contributed by atoms with E-state index in [1.54, 1.807) is 0 Å². The summed E-state index contributed by atoms with van der Waals surface area (Å²) >= 11 is 1.28. The second-order valence-electron chi connectivity index (χ2n) is 5.37. The molecule has 6 nitrogen and oxygen atoms in total. The molecule has 0 radical (unpaired) electrons. The van der Waals surface area contributed by atoms with Gasteiger partial charge in [-0.15, -0.1) is 10.2 Å². The van der Waals surface area contributed by atoms with Gasteiger partial charge >= 0.3 is 5.97 Å². The van der Waals surface area contributed by atoms with Crippen LogP contribution in [-0.4, -0.2) is 56.6 Å². The maximum atomic E-state index is 10.7. The average Bonchev–Trinajstić information content (AvgIpc) is 2.98. The average molecular weight is 282 g/mol. The first-order chi connectivity index (χ1) is 9.15. The quantitative estimate of drug-likeness (QED) is 0.819. The van der Waals surface area contributed by atoms with Crippen LogP contribution in [-0.2, 0) is 4.79 Å². The summed E-state index contributed by atoms with van der Waals surface area (Å²) in [4.78, 5) is 13.0. The summed E-state index contributed by atoms with van der Waals surface area (Å²) in [6.45, 7) is 2.08. The third kappa shape index (κ3) is 2.76. The molecule has 1 aromatic rings. The minimum atomic E-state index is -0.809. The summed E-state index contributed by atoms with van der Waals surface area (Å²) in [6.07, 6.45) is 3.46. The number of aromatic nitrogens is 3. The van der Waals surface area contributed by atoms with E-state index in [0.717, 1.165) is 30.5 Å². The number of rotatable bonds is 5. The number of hydrogen-bond donors (Lipinski definition) is 1. The van der Waals surface area contributed by atoms with Gasteiger partial charge in [-0.3, -0.25) is 4.79 Å². The molecule has 104 valence electrons. The van der Waals surface area contributed by atoms with Crippen LogP contribution >= 0.6 is 11.8 Å². The molecule has 2 fully saturated rings. The lowest BCUT2D eigenvalue weighted by molar-refractivity contribution is -0.133. The molecule has 1 atom stereocenters. The number of carbonyl (C=O) groups is 1. The predicted molar refractivity (Wildman–Crippen MR) is 71.5 cm³/mol. The highest BCUT2D eigenvalue weighted by molar-refractivity contribution is 7.99. The fourth-order valence-corrected chi connectivity index (χ4v) is 3.33. The lowest BCUT2D eigenvalue weighted by atomic mass is 10.2. The number of likely N-dealkylation sites (tertiary alicyclic amines) is 1. The van der Waals surface area contributed by atoms with Gasteiger partial charge in [-0.1, -0.05) is 11.8 Å². The molecule has 0 bridgehead atoms. The molecule has 0 spiro atoms. The Balaban J connectivity index is 1.84. The highest BCUT2D eigenvalue weighted by atomic mass is 32.2. The van der Waals surface area contributed by atoms with E-state index in [9.17, 15) is 4.79 Å². The van der Waals surface area contributed by atoms with Crippen LogP contribution in [0.3, 0.4) is 0 Å². The van der Waals surface area contributed by atoms with Gasteiger partial charge in [-0.05, 0) is 32.9 Å². The van der Waals surface area contributed by atoms with Gasteiger partial charge in [0, 0.05) is 12.5 Å². The molecular formula is C12H18N4O2S. The number of nitrogens with zero attached hydrogens (tertiary/aromatic N) is 4. The monoisotopic (exact) mass is 282 g/mol. The zero-order valence-electron chi connectivity index (χ0n) is 10.9. The lowest BCUT2D eigenvalue weighted by Gasteiger charge is -2.16. The standard InChI is InChI=1S/C12H18N4O2S/c1-15-5-4-9(6-15)16-11(8-2-3-8)13-14-12(16)19-7-10(17)18/h8-9H,2-7H2,1H3,(H,17,18). The highest BCUT2D eigenvalue weighted by Gasteiger charge is 2.34. The summed E-state index contributed by atoms with van der Waals surface area (Å²) in [5.74, 6) is 0.840. The Morgan fingerprint density at radius 1 is 1.42 bits per heavy atom. The molecule has 2 aliphatic rings. The normalized spacial score (nSPS) is 23.9. The van der Waals surface area contributed by atoms with Crippen LogP contribution in [0.2, 0.25) is 0 Å². The smallest absolute Gasteiger partial charge is 0.313 e. The Bertz CT molecular complexity index is 486. The maximum Gasteiger partial charge on any atom is 0.313 e. The lowest BCUT2D eigenvalue weighted by Crippen LogP contribution is -2.18. The second kappa shape index (κ2) is 5.13. The number of carboxylic acids is 1. The summed E-state index contributed by atoms with van der Waals surface area (Å²) in [7, 11) is 2.12. The Morgan fingerprint density at radius 3 is 2.79 bits per heavy atom. The molecule has 7 heteroatoms. The van der Waals surface area contributed by atoms with Gasteiger partial charge in [0.25, 0.3) is 0 Å². The molecule has 1 unspecified atom stereocenters. The van der Waals surface area contributed by atoms with E-state index in [1.807, 2.05) is 0 Å². The molecule has 3 rings (SSSR count). The summed E-state index contributed by atoms with van der Waals surface area (Å²) in [6, 6.07) is 0.395. The molecule has 1 aromatic heterocycles. The first-order valence-electron chi connectivity index (χ1n) is 6.63. The van der Waals surface area contributed by atoms with Gasteiger partial charge < -0.3 is 14.6 Å². The van der Waals surface area contributed by atoms with Crippen LogP contribution in [0, 0.1) is 0 Å². The van der Waals surface area contributed by atoms with Crippen molar-refractivity contribution in [2.24, 2.45) is 0 Å². The number of hydrogen-bond acceptors (Lipinski definition) is 5. The molecule has 1 N–H and O–H groups in total. The van der Waals surface area contributed by atoms with Gasteiger partial charge in [0.1, 0.15) is 5.82 Å². The van der Waals surface area contributed by atoms with E-state index in [4.69, 9.17) is 5.11 Å². The third-order valence-corrected chi connectivity index (χ3v) is 4.62. The number of carboxylic acid groups (broad SMARTS) is 1. The highest BCUT2D eigenvalue weighted by Crippen LogP contribution is 2.42. The fraction of sp³-hybridized carbons (Fsp3) is 0.750. The molecule has 1 aliphatic heterocycles. The van der Waals surface area contributed by atoms with E-state index in [-0.39, 0.29) is 5.75 Å². The molecule has 2 heterocycles. The van der Waals surface area contributed by atoms with Crippen molar-refractivity contribution in [3.63, 3.8) is 0 Å². The topological polar surface area (TPSA) is 71.2 Å². The third-order valence-electron chi connectivity index (χ3n) is 3.69. The molecule has 0 aromatic carbocycles. The van der Waals surface area contributed by atoms with Crippen LogP contribution in [0.15, 0.2) is 5.16 Å². The van der Waals surface area contributed by atoms with Crippen molar-refractivity contribution in [1.82, 2.24) is 19.7 Å². The van der Waals surface area contributed by atoms with Crippen molar-refractivity contribution in [2.45, 2.75) is 36.4 Å². The Hall–Kier alpha value is -1.08. The molecule has 1 saturated carbocycles. The van der Waals surface area contributed by atoms with E-state index in [2.05, 4.69) is 26.7 Å². The van der Waals surface area contributed by atoms with Gasteiger partial charge in [0.15, 0.2) is 5.16 Å². The number of aliphatic carboxylic acids is 1. The van der Waals surface area contributed by atoms with E-state index >= 15 is 0 Å². The van der Waals surface area contributed by atoms with Gasteiger partial charge in [-0.2, -0.15) is 0 Å². The van der Waals surface area contributed by atoms with Crippen LogP contribution in [0.25, 0.3) is 0 Å². The van der Waals surface area contributed by atoms with Crippen molar-refractivity contribution in [3.8, 4) is 0 Å². The van der Waals surface area contributed by atoms with Crippen LogP contribution in [0.1, 0.15) is 37.0 Å². The SMILES string of the molecule is CN1CCC(n2c(SCC(=O)O)nnc2C2CC2)C1. The summed E-state index contributed by atoms with van der Waals surface area (Å²) in [5, 5.41) is 18.1.